The lowest BCUT2D eigenvalue weighted by Crippen LogP contribution is -2.30. The molecule has 24 heavy (non-hydrogen) atoms. The monoisotopic (exact) mass is 369 g/mol. The van der Waals surface area contributed by atoms with Crippen LogP contribution in [0.15, 0.2) is 42.5 Å². The highest BCUT2D eigenvalue weighted by Gasteiger charge is 2.19. The van der Waals surface area contributed by atoms with Crippen molar-refractivity contribution < 1.29 is 18.7 Å². The number of carbonyl (C=O) groups excluding carboxylic acids is 2. The van der Waals surface area contributed by atoms with Crippen LogP contribution in [0.4, 0.5) is 10.1 Å². The lowest BCUT2D eigenvalue weighted by molar-refractivity contribution is -0.152. The highest BCUT2D eigenvalue weighted by Crippen LogP contribution is 2.25. The molecule has 2 rings (SSSR count). The maximum Gasteiger partial charge on any atom is 0.311 e. The van der Waals surface area contributed by atoms with Crippen molar-refractivity contribution in [2.75, 3.05) is 5.32 Å². The standard InChI is InChI=1S/C17H14Cl2FNO3/c1-10(17(23)21-15-6-5-12(18)9-14(15)19)24-16(22)8-11-3-2-4-13(20)7-11/h2-7,9-10H,8H2,1H3,(H,21,23)/t10-/m1/s1. The van der Waals surface area contributed by atoms with Gasteiger partial charge in [-0.1, -0.05) is 35.3 Å². The first-order valence-electron chi connectivity index (χ1n) is 7.05. The third-order valence-corrected chi connectivity index (χ3v) is 3.65. The van der Waals surface area contributed by atoms with Crippen LogP contribution in [0.2, 0.25) is 10.0 Å². The van der Waals surface area contributed by atoms with Crippen molar-refractivity contribution in [2.24, 2.45) is 0 Å². The molecule has 2 aromatic rings. The fourth-order valence-corrected chi connectivity index (χ4v) is 2.39. The van der Waals surface area contributed by atoms with Gasteiger partial charge in [-0.3, -0.25) is 9.59 Å². The van der Waals surface area contributed by atoms with Crippen LogP contribution in [0, 0.1) is 5.82 Å². The molecule has 2 aromatic carbocycles. The first kappa shape index (κ1) is 18.2. The smallest absolute Gasteiger partial charge is 0.311 e. The summed E-state index contributed by atoms with van der Waals surface area (Å²) in [5.41, 5.74) is 0.826. The Morgan fingerprint density at radius 3 is 2.62 bits per heavy atom. The highest BCUT2D eigenvalue weighted by atomic mass is 35.5. The summed E-state index contributed by atoms with van der Waals surface area (Å²) in [6.07, 6.45) is -1.16. The SMILES string of the molecule is C[C@@H](OC(=O)Cc1cccc(F)c1)C(=O)Nc1ccc(Cl)cc1Cl. The second kappa shape index (κ2) is 8.13. The van der Waals surface area contributed by atoms with Gasteiger partial charge in [0.25, 0.3) is 5.91 Å². The van der Waals surface area contributed by atoms with Gasteiger partial charge in [0.15, 0.2) is 6.10 Å². The molecule has 0 saturated carbocycles. The number of nitrogens with one attached hydrogen (secondary N) is 1. The molecule has 1 N–H and O–H groups in total. The van der Waals surface area contributed by atoms with Crippen LogP contribution in [0.1, 0.15) is 12.5 Å². The number of anilines is 1. The molecular formula is C17H14Cl2FNO3. The minimum absolute atomic E-state index is 0.128. The van der Waals surface area contributed by atoms with E-state index in [1.165, 1.54) is 31.2 Å². The van der Waals surface area contributed by atoms with Gasteiger partial charge in [0.2, 0.25) is 0 Å². The Hall–Kier alpha value is -2.11. The summed E-state index contributed by atoms with van der Waals surface area (Å²) >= 11 is 11.7. The second-order valence-electron chi connectivity index (χ2n) is 5.05. The zero-order valence-corrected chi connectivity index (χ0v) is 14.2. The topological polar surface area (TPSA) is 55.4 Å². The first-order valence-corrected chi connectivity index (χ1v) is 7.80. The predicted molar refractivity (Wildman–Crippen MR) is 90.7 cm³/mol. The highest BCUT2D eigenvalue weighted by molar-refractivity contribution is 6.36. The quantitative estimate of drug-likeness (QED) is 0.801. The van der Waals surface area contributed by atoms with Gasteiger partial charge in [-0.2, -0.15) is 0 Å². The predicted octanol–water partition coefficient (Wildman–Crippen LogP) is 4.25. The van der Waals surface area contributed by atoms with Gasteiger partial charge in [-0.05, 0) is 42.8 Å². The van der Waals surface area contributed by atoms with Gasteiger partial charge in [0.05, 0.1) is 17.1 Å². The fourth-order valence-electron chi connectivity index (χ4n) is 1.93. The zero-order chi connectivity index (χ0) is 17.7. The van der Waals surface area contributed by atoms with Gasteiger partial charge in [-0.25, -0.2) is 4.39 Å². The van der Waals surface area contributed by atoms with E-state index in [9.17, 15) is 14.0 Å². The average Bonchev–Trinajstić information content (AvgIpc) is 2.49. The van der Waals surface area contributed by atoms with E-state index < -0.39 is 23.8 Å². The molecule has 0 saturated heterocycles. The van der Waals surface area contributed by atoms with E-state index in [0.717, 1.165) is 0 Å². The maximum atomic E-state index is 13.1. The summed E-state index contributed by atoms with van der Waals surface area (Å²) in [6.45, 7) is 1.43. The largest absolute Gasteiger partial charge is 0.452 e. The number of halogens is 3. The van der Waals surface area contributed by atoms with Crippen LogP contribution in [0.25, 0.3) is 0 Å². The van der Waals surface area contributed by atoms with Crippen molar-refractivity contribution >= 4 is 40.8 Å². The Morgan fingerprint density at radius 2 is 1.96 bits per heavy atom. The Labute approximate surface area is 148 Å². The number of esters is 1. The lowest BCUT2D eigenvalue weighted by atomic mass is 10.1. The number of hydrogen-bond acceptors (Lipinski definition) is 3. The van der Waals surface area contributed by atoms with Crippen LogP contribution in [-0.2, 0) is 20.7 Å². The van der Waals surface area contributed by atoms with Crippen LogP contribution < -0.4 is 5.32 Å². The molecule has 0 bridgehead atoms. The van der Waals surface area contributed by atoms with Crippen molar-refractivity contribution in [1.29, 1.82) is 0 Å². The number of amides is 1. The molecular weight excluding hydrogens is 356 g/mol. The van der Waals surface area contributed by atoms with Crippen LogP contribution in [0.5, 0.6) is 0 Å². The van der Waals surface area contributed by atoms with Crippen molar-refractivity contribution in [3.8, 4) is 0 Å². The minimum atomic E-state index is -1.03. The van der Waals surface area contributed by atoms with E-state index in [1.807, 2.05) is 0 Å². The van der Waals surface area contributed by atoms with E-state index >= 15 is 0 Å². The molecule has 1 atom stereocenters. The van der Waals surface area contributed by atoms with Gasteiger partial charge in [0.1, 0.15) is 5.82 Å². The Morgan fingerprint density at radius 1 is 1.21 bits per heavy atom. The summed E-state index contributed by atoms with van der Waals surface area (Å²) in [4.78, 5) is 23.9. The fraction of sp³-hybridized carbons (Fsp3) is 0.176. The van der Waals surface area contributed by atoms with E-state index in [-0.39, 0.29) is 11.4 Å². The summed E-state index contributed by atoms with van der Waals surface area (Å²) in [6, 6.07) is 10.2. The van der Waals surface area contributed by atoms with Crippen molar-refractivity contribution in [2.45, 2.75) is 19.4 Å². The summed E-state index contributed by atoms with van der Waals surface area (Å²) in [7, 11) is 0. The number of rotatable bonds is 5. The summed E-state index contributed by atoms with van der Waals surface area (Å²) < 4.78 is 18.1. The van der Waals surface area contributed by atoms with Crippen LogP contribution in [-0.4, -0.2) is 18.0 Å². The number of hydrogen-bond donors (Lipinski definition) is 1. The Balaban J connectivity index is 1.92. The van der Waals surface area contributed by atoms with Crippen molar-refractivity contribution in [3.05, 3.63) is 63.9 Å². The molecule has 0 aromatic heterocycles. The van der Waals surface area contributed by atoms with E-state index in [2.05, 4.69) is 5.32 Å². The molecule has 0 fully saturated rings. The van der Waals surface area contributed by atoms with Gasteiger partial charge >= 0.3 is 5.97 Å². The molecule has 4 nitrogen and oxygen atoms in total. The third-order valence-electron chi connectivity index (χ3n) is 3.10. The molecule has 0 radical (unpaired) electrons. The Kier molecular flexibility index (Phi) is 6.17. The molecule has 0 aliphatic heterocycles. The second-order valence-corrected chi connectivity index (χ2v) is 5.90. The molecule has 126 valence electrons. The minimum Gasteiger partial charge on any atom is -0.452 e. The number of ether oxygens (including phenoxy) is 1. The Bertz CT molecular complexity index is 767. The molecule has 0 heterocycles. The third kappa shape index (κ3) is 5.22. The normalized spacial score (nSPS) is 11.7. The van der Waals surface area contributed by atoms with Gasteiger partial charge in [-0.15, -0.1) is 0 Å². The van der Waals surface area contributed by atoms with E-state index in [4.69, 9.17) is 27.9 Å². The first-order chi connectivity index (χ1) is 11.3. The van der Waals surface area contributed by atoms with Gasteiger partial charge in [0, 0.05) is 5.02 Å². The number of benzene rings is 2. The maximum absolute atomic E-state index is 13.1. The number of carbonyl (C=O) groups is 2. The van der Waals surface area contributed by atoms with Crippen LogP contribution in [0.3, 0.4) is 0 Å². The van der Waals surface area contributed by atoms with Crippen molar-refractivity contribution in [3.63, 3.8) is 0 Å². The van der Waals surface area contributed by atoms with Gasteiger partial charge < -0.3 is 10.1 Å². The zero-order valence-electron chi connectivity index (χ0n) is 12.7. The molecule has 7 heteroatoms. The molecule has 1 amide bonds. The summed E-state index contributed by atoms with van der Waals surface area (Å²) in [5.74, 6) is -1.61. The van der Waals surface area contributed by atoms with Crippen LogP contribution >= 0.6 is 23.2 Å². The van der Waals surface area contributed by atoms with E-state index in [0.29, 0.717) is 16.3 Å². The average molecular weight is 370 g/mol. The molecule has 0 unspecified atom stereocenters. The molecule has 0 aliphatic rings. The molecule has 0 spiro atoms. The van der Waals surface area contributed by atoms with Crippen molar-refractivity contribution in [1.82, 2.24) is 0 Å². The van der Waals surface area contributed by atoms with E-state index in [1.54, 1.807) is 18.2 Å². The lowest BCUT2D eigenvalue weighted by Gasteiger charge is -2.14. The summed E-state index contributed by atoms with van der Waals surface area (Å²) in [5, 5.41) is 3.26. The molecule has 0 aliphatic carbocycles.